The zero-order chi connectivity index (χ0) is 27.3. The van der Waals surface area contributed by atoms with Crippen LogP contribution in [0, 0.1) is 39.9 Å². The summed E-state index contributed by atoms with van der Waals surface area (Å²) in [6.07, 6.45) is 2.84. The molecule has 4 fully saturated rings. The maximum atomic E-state index is 13.8. The molecule has 0 aromatic heterocycles. The molecule has 2 saturated carbocycles. The first-order chi connectivity index (χ1) is 17.2. The first-order valence-electron chi connectivity index (χ1n) is 13.2. The summed E-state index contributed by atoms with van der Waals surface area (Å²) in [6.45, 7) is 9.88. The second kappa shape index (κ2) is 9.46. The lowest BCUT2D eigenvalue weighted by Crippen LogP contribution is -2.60. The van der Waals surface area contributed by atoms with Gasteiger partial charge in [0.25, 0.3) is 0 Å². The fourth-order valence-corrected chi connectivity index (χ4v) is 6.31. The molecule has 2 saturated heterocycles. The summed E-state index contributed by atoms with van der Waals surface area (Å²) in [4.78, 5) is 53.7. The number of carbonyl (C=O) groups excluding carboxylic acids is 4. The molecule has 204 valence electrons. The van der Waals surface area contributed by atoms with E-state index in [0.29, 0.717) is 13.0 Å². The molecule has 5 amide bonds. The third kappa shape index (κ3) is 5.26. The van der Waals surface area contributed by atoms with Crippen molar-refractivity contribution < 1.29 is 24.3 Å². The molecule has 0 aromatic rings. The minimum absolute atomic E-state index is 0.0517. The third-order valence-corrected chi connectivity index (χ3v) is 8.79. The number of amides is 5. The molecule has 1 spiro atoms. The number of piperidine rings is 1. The highest BCUT2D eigenvalue weighted by Crippen LogP contribution is 2.65. The van der Waals surface area contributed by atoms with Gasteiger partial charge >= 0.3 is 6.03 Å². The van der Waals surface area contributed by atoms with Crippen LogP contribution in [0.5, 0.6) is 0 Å². The Hall–Kier alpha value is -2.87. The summed E-state index contributed by atoms with van der Waals surface area (Å²) in [5.74, 6) is -1.03. The molecule has 11 heteroatoms. The van der Waals surface area contributed by atoms with E-state index < -0.39 is 35.5 Å². The van der Waals surface area contributed by atoms with E-state index in [4.69, 9.17) is 5.11 Å². The Morgan fingerprint density at radius 3 is 2.46 bits per heavy atom. The van der Waals surface area contributed by atoms with Crippen LogP contribution in [-0.4, -0.2) is 77.1 Å². The summed E-state index contributed by atoms with van der Waals surface area (Å²) in [5, 5.41) is 29.8. The highest BCUT2D eigenvalue weighted by molar-refractivity contribution is 5.94. The van der Waals surface area contributed by atoms with Crippen LogP contribution >= 0.6 is 0 Å². The number of carbonyl (C=O) groups is 4. The standard InChI is InChI=1S/C26H40N6O5/c1-24(2,3)19(30-23(37)28-8-9-33)22(36)32-13-16-17(25(16,4)5)18(32)21(35)29-15(12-27)10-14-11-26(6-7-26)31-20(14)34/h14-19,33H,6-11,13H2,1-5H3,(H,29,35)(H,31,34)(H2,28,30,37)/t14-,15+,16+,17+,18+,19-/m1/s1. The average molecular weight is 517 g/mol. The summed E-state index contributed by atoms with van der Waals surface area (Å²) in [7, 11) is 0. The molecule has 5 N–H and O–H groups in total. The Morgan fingerprint density at radius 1 is 1.24 bits per heavy atom. The number of aliphatic hydroxyl groups excluding tert-OH is 1. The minimum Gasteiger partial charge on any atom is -0.395 e. The lowest BCUT2D eigenvalue weighted by molar-refractivity contribution is -0.143. The van der Waals surface area contributed by atoms with Crippen molar-refractivity contribution in [1.29, 1.82) is 5.26 Å². The first-order valence-corrected chi connectivity index (χ1v) is 13.2. The Kier molecular flexibility index (Phi) is 6.95. The molecule has 37 heavy (non-hydrogen) atoms. The molecule has 6 atom stereocenters. The molecular formula is C26H40N6O5. The fraction of sp³-hybridized carbons (Fsp3) is 0.808. The number of nitrogens with zero attached hydrogens (tertiary/aromatic N) is 2. The molecule has 2 aliphatic carbocycles. The normalized spacial score (nSPS) is 30.0. The predicted molar refractivity (Wildman–Crippen MR) is 134 cm³/mol. The Bertz CT molecular complexity index is 1010. The van der Waals surface area contributed by atoms with Crippen LogP contribution in [0.15, 0.2) is 0 Å². The number of aliphatic hydroxyl groups is 1. The van der Waals surface area contributed by atoms with Crippen LogP contribution < -0.4 is 21.3 Å². The maximum Gasteiger partial charge on any atom is 0.315 e. The summed E-state index contributed by atoms with van der Waals surface area (Å²) in [5.41, 5.74) is -0.862. The number of fused-ring (bicyclic) bond motifs is 1. The van der Waals surface area contributed by atoms with Crippen molar-refractivity contribution in [3.05, 3.63) is 0 Å². The van der Waals surface area contributed by atoms with Crippen molar-refractivity contribution in [3.63, 3.8) is 0 Å². The fourth-order valence-electron chi connectivity index (χ4n) is 6.31. The van der Waals surface area contributed by atoms with Crippen molar-refractivity contribution >= 4 is 23.8 Å². The number of nitrogens with one attached hydrogen (secondary N) is 4. The number of nitriles is 1. The van der Waals surface area contributed by atoms with Gasteiger partial charge < -0.3 is 31.3 Å². The smallest absolute Gasteiger partial charge is 0.315 e. The molecule has 4 aliphatic rings. The van der Waals surface area contributed by atoms with Crippen LogP contribution in [-0.2, 0) is 14.4 Å². The first kappa shape index (κ1) is 27.2. The van der Waals surface area contributed by atoms with Gasteiger partial charge in [-0.3, -0.25) is 14.4 Å². The molecular weight excluding hydrogens is 476 g/mol. The van der Waals surface area contributed by atoms with Crippen molar-refractivity contribution in [2.45, 2.75) is 84.0 Å². The molecule has 11 nitrogen and oxygen atoms in total. The third-order valence-electron chi connectivity index (χ3n) is 8.79. The zero-order valence-electron chi connectivity index (χ0n) is 22.4. The maximum absolute atomic E-state index is 13.8. The lowest BCUT2D eigenvalue weighted by atomic mass is 9.85. The number of hydrogen-bond acceptors (Lipinski definition) is 6. The molecule has 0 radical (unpaired) electrons. The number of likely N-dealkylation sites (tertiary alicyclic amines) is 1. The Labute approximate surface area is 218 Å². The van der Waals surface area contributed by atoms with Gasteiger partial charge in [-0.15, -0.1) is 0 Å². The van der Waals surface area contributed by atoms with Crippen LogP contribution in [0.4, 0.5) is 4.79 Å². The Morgan fingerprint density at radius 2 is 1.92 bits per heavy atom. The van der Waals surface area contributed by atoms with Crippen LogP contribution in [0.3, 0.4) is 0 Å². The number of hydrogen-bond donors (Lipinski definition) is 5. The summed E-state index contributed by atoms with van der Waals surface area (Å²) in [6, 6.07) is -0.928. The molecule has 0 unspecified atom stereocenters. The van der Waals surface area contributed by atoms with Gasteiger partial charge in [0.2, 0.25) is 17.7 Å². The van der Waals surface area contributed by atoms with E-state index in [1.54, 1.807) is 4.90 Å². The molecule has 0 bridgehead atoms. The van der Waals surface area contributed by atoms with Crippen LogP contribution in [0.25, 0.3) is 0 Å². The minimum atomic E-state index is -0.897. The van der Waals surface area contributed by atoms with Gasteiger partial charge in [-0.05, 0) is 48.3 Å². The van der Waals surface area contributed by atoms with E-state index in [0.717, 1.165) is 12.8 Å². The second-order valence-electron chi connectivity index (χ2n) is 12.9. The number of urea groups is 1. The Balaban J connectivity index is 1.48. The zero-order valence-corrected chi connectivity index (χ0v) is 22.4. The van der Waals surface area contributed by atoms with E-state index in [9.17, 15) is 24.4 Å². The molecule has 2 aliphatic heterocycles. The highest BCUT2D eigenvalue weighted by Gasteiger charge is 2.70. The van der Waals surface area contributed by atoms with Gasteiger partial charge in [0.15, 0.2) is 0 Å². The summed E-state index contributed by atoms with van der Waals surface area (Å²) < 4.78 is 0. The molecule has 2 heterocycles. The second-order valence-corrected chi connectivity index (χ2v) is 12.9. The van der Waals surface area contributed by atoms with Crippen molar-refractivity contribution in [2.75, 3.05) is 19.7 Å². The largest absolute Gasteiger partial charge is 0.395 e. The van der Waals surface area contributed by atoms with Crippen LogP contribution in [0.2, 0.25) is 0 Å². The highest BCUT2D eigenvalue weighted by atomic mass is 16.3. The van der Waals surface area contributed by atoms with Crippen molar-refractivity contribution in [2.24, 2.45) is 28.6 Å². The van der Waals surface area contributed by atoms with Gasteiger partial charge in [0.1, 0.15) is 18.1 Å². The summed E-state index contributed by atoms with van der Waals surface area (Å²) >= 11 is 0. The molecule has 4 rings (SSSR count). The molecule has 0 aromatic carbocycles. The van der Waals surface area contributed by atoms with E-state index >= 15 is 0 Å². The van der Waals surface area contributed by atoms with E-state index in [1.807, 2.05) is 20.8 Å². The van der Waals surface area contributed by atoms with Crippen molar-refractivity contribution in [3.8, 4) is 6.07 Å². The van der Waals surface area contributed by atoms with Gasteiger partial charge in [0, 0.05) is 24.5 Å². The van der Waals surface area contributed by atoms with Gasteiger partial charge in [-0.1, -0.05) is 34.6 Å². The predicted octanol–water partition coefficient (Wildman–Crippen LogP) is 0.243. The van der Waals surface area contributed by atoms with E-state index in [1.165, 1.54) is 0 Å². The van der Waals surface area contributed by atoms with Gasteiger partial charge in [-0.2, -0.15) is 5.26 Å². The van der Waals surface area contributed by atoms with Crippen LogP contribution in [0.1, 0.15) is 60.3 Å². The van der Waals surface area contributed by atoms with Gasteiger partial charge in [-0.25, -0.2) is 4.79 Å². The van der Waals surface area contributed by atoms with Crippen molar-refractivity contribution in [1.82, 2.24) is 26.2 Å². The quantitative estimate of drug-likeness (QED) is 0.310. The lowest BCUT2D eigenvalue weighted by Gasteiger charge is -2.37. The topological polar surface area (TPSA) is 164 Å². The SMILES string of the molecule is CC(C)(C)[C@H](NC(=O)NCCO)C(=O)N1C[C@H]2[C@@H]([C@H]1C(=O)N[C@H](C#N)C[C@@H]1CC3(CC3)NC1=O)C2(C)C. The monoisotopic (exact) mass is 516 g/mol. The number of rotatable bonds is 8. The van der Waals surface area contributed by atoms with E-state index in [2.05, 4.69) is 41.2 Å². The van der Waals surface area contributed by atoms with Gasteiger partial charge in [0.05, 0.1) is 12.7 Å². The van der Waals surface area contributed by atoms with E-state index in [-0.39, 0.29) is 60.1 Å². The average Bonchev–Trinajstić information content (AvgIpc) is 3.53.